The topological polar surface area (TPSA) is 225 Å². The van der Waals surface area contributed by atoms with Gasteiger partial charge in [-0.1, -0.05) is 62.3 Å². The van der Waals surface area contributed by atoms with E-state index in [1.165, 1.54) is 42.7 Å². The number of nitrogens with one attached hydrogen (secondary N) is 1. The van der Waals surface area contributed by atoms with Crippen molar-refractivity contribution >= 4 is 23.1 Å². The number of carbonyl (C=O) groups excluding carboxylic acids is 2. The van der Waals surface area contributed by atoms with E-state index in [9.17, 15) is 34.8 Å². The number of hydrogen-bond donors (Lipinski definition) is 5. The zero-order chi connectivity index (χ0) is 37.6. The van der Waals surface area contributed by atoms with Gasteiger partial charge in [0.1, 0.15) is 36.6 Å². The van der Waals surface area contributed by atoms with Gasteiger partial charge in [-0.15, -0.1) is 0 Å². The lowest BCUT2D eigenvalue weighted by Gasteiger charge is -2.41. The molecule has 2 aliphatic rings. The molecule has 16 heteroatoms. The van der Waals surface area contributed by atoms with E-state index in [2.05, 4.69) is 21.9 Å². The van der Waals surface area contributed by atoms with Gasteiger partial charge in [-0.3, -0.25) is 9.36 Å². The van der Waals surface area contributed by atoms with Crippen molar-refractivity contribution in [3.63, 3.8) is 0 Å². The van der Waals surface area contributed by atoms with Crippen LogP contribution >= 0.6 is 0 Å². The van der Waals surface area contributed by atoms with Gasteiger partial charge in [-0.05, 0) is 39.2 Å². The van der Waals surface area contributed by atoms with Crippen LogP contribution in [0.3, 0.4) is 0 Å². The van der Waals surface area contributed by atoms with Crippen molar-refractivity contribution in [1.82, 2.24) is 19.5 Å². The average Bonchev–Trinajstić information content (AvgIpc) is 3.69. The summed E-state index contributed by atoms with van der Waals surface area (Å²) in [7, 11) is 0. The second kappa shape index (κ2) is 20.1. The summed E-state index contributed by atoms with van der Waals surface area (Å²) >= 11 is 0. The number of aliphatic hydroxyl groups excluding tert-OH is 4. The van der Waals surface area contributed by atoms with E-state index in [0.29, 0.717) is 6.42 Å². The number of H-pyrrole nitrogens is 1. The van der Waals surface area contributed by atoms with Gasteiger partial charge in [0.2, 0.25) is 0 Å². The van der Waals surface area contributed by atoms with E-state index in [0.717, 1.165) is 25.3 Å². The van der Waals surface area contributed by atoms with Gasteiger partial charge < -0.3 is 49.1 Å². The van der Waals surface area contributed by atoms with Crippen LogP contribution in [0.1, 0.15) is 59.1 Å². The van der Waals surface area contributed by atoms with Crippen LogP contribution in [0, 0.1) is 0 Å². The third-order valence-electron chi connectivity index (χ3n) is 8.37. The molecule has 52 heavy (non-hydrogen) atoms. The molecule has 0 bridgehead atoms. The number of fused-ring (bicyclic) bond motifs is 1. The summed E-state index contributed by atoms with van der Waals surface area (Å²) in [5.41, 5.74) is -0.377. The van der Waals surface area contributed by atoms with Crippen molar-refractivity contribution in [1.29, 1.82) is 0 Å². The Kier molecular flexibility index (Phi) is 15.6. The molecular weight excluding hydrogens is 680 g/mol. The molecule has 2 aliphatic heterocycles. The number of unbranched alkanes of at least 4 members (excludes halogenated alkanes) is 3. The summed E-state index contributed by atoms with van der Waals surface area (Å²) in [5.74, 6) is -1.23. The molecule has 2 aromatic heterocycles. The molecule has 5 N–H and O–H groups in total. The Hall–Kier alpha value is -4.29. The SMILES string of the molecule is CCCCC/C=C/C=C/C(=O)OC(C)/C=C\C/C=C/C=C/C(=O)O[C@H]1[C@@H](O)[C@H](O)[C@H](O[C@@H]2[C@H](O)[C@@H](CO)O[C@H]2n2cnc3c(=O)[nH]cnc32)O[C@H]1C. The largest absolute Gasteiger partial charge is 0.455 e. The number of aromatic amines is 1. The van der Waals surface area contributed by atoms with Crippen LogP contribution in [0.25, 0.3) is 11.2 Å². The Morgan fingerprint density at radius 3 is 2.48 bits per heavy atom. The second-order valence-electron chi connectivity index (χ2n) is 12.4. The zero-order valence-corrected chi connectivity index (χ0v) is 29.3. The number of esters is 2. The maximum atomic E-state index is 12.5. The number of hydrogen-bond acceptors (Lipinski definition) is 14. The number of carbonyl (C=O) groups is 2. The fraction of sp³-hybridized carbons (Fsp3) is 0.528. The highest BCUT2D eigenvalue weighted by molar-refractivity contribution is 5.83. The van der Waals surface area contributed by atoms with Crippen molar-refractivity contribution < 1.29 is 53.7 Å². The van der Waals surface area contributed by atoms with E-state index in [4.69, 9.17) is 23.7 Å². The van der Waals surface area contributed by atoms with Gasteiger partial charge in [-0.2, -0.15) is 0 Å². The Bertz CT molecular complexity index is 1670. The fourth-order valence-electron chi connectivity index (χ4n) is 5.62. The van der Waals surface area contributed by atoms with Crippen molar-refractivity contribution in [2.45, 2.75) is 114 Å². The quantitative estimate of drug-likeness (QED) is 0.0515. The highest BCUT2D eigenvalue weighted by atomic mass is 16.7. The molecule has 0 saturated carbocycles. The van der Waals surface area contributed by atoms with Crippen LogP contribution in [0.5, 0.6) is 0 Å². The molecule has 16 nitrogen and oxygen atoms in total. The third-order valence-corrected chi connectivity index (χ3v) is 8.37. The van der Waals surface area contributed by atoms with Gasteiger partial charge in [0.15, 0.2) is 29.8 Å². The van der Waals surface area contributed by atoms with E-state index >= 15 is 0 Å². The summed E-state index contributed by atoms with van der Waals surface area (Å²) < 4.78 is 29.5. The maximum absolute atomic E-state index is 12.5. The summed E-state index contributed by atoms with van der Waals surface area (Å²) in [5, 5.41) is 42.4. The summed E-state index contributed by atoms with van der Waals surface area (Å²) in [6.07, 6.45) is 11.4. The number of aromatic nitrogens is 4. The van der Waals surface area contributed by atoms with E-state index in [1.54, 1.807) is 31.2 Å². The first-order valence-corrected chi connectivity index (χ1v) is 17.3. The average molecular weight is 729 g/mol. The third kappa shape index (κ3) is 10.9. The van der Waals surface area contributed by atoms with Crippen molar-refractivity contribution in [3.8, 4) is 0 Å². The van der Waals surface area contributed by atoms with Crippen LogP contribution in [0.4, 0.5) is 0 Å². The minimum absolute atomic E-state index is 0.00508. The molecule has 2 fully saturated rings. The van der Waals surface area contributed by atoms with Gasteiger partial charge in [0.25, 0.3) is 5.56 Å². The molecule has 4 rings (SSSR count). The molecular formula is C36H48N4O12. The van der Waals surface area contributed by atoms with Gasteiger partial charge in [0.05, 0.1) is 25.4 Å². The molecule has 2 saturated heterocycles. The number of allylic oxidation sites excluding steroid dienone is 7. The van der Waals surface area contributed by atoms with E-state index in [-0.39, 0.29) is 11.2 Å². The Morgan fingerprint density at radius 1 is 0.981 bits per heavy atom. The molecule has 2 aromatic rings. The smallest absolute Gasteiger partial charge is 0.331 e. The molecule has 284 valence electrons. The first-order valence-electron chi connectivity index (χ1n) is 17.3. The van der Waals surface area contributed by atoms with Gasteiger partial charge in [-0.25, -0.2) is 19.6 Å². The second-order valence-corrected chi connectivity index (χ2v) is 12.4. The predicted octanol–water partition coefficient (Wildman–Crippen LogP) is 1.82. The van der Waals surface area contributed by atoms with Crippen LogP contribution in [0.15, 0.2) is 78.2 Å². The molecule has 0 aromatic carbocycles. The zero-order valence-electron chi connectivity index (χ0n) is 29.3. The predicted molar refractivity (Wildman–Crippen MR) is 186 cm³/mol. The number of nitrogens with zero attached hydrogens (tertiary/aromatic N) is 3. The molecule has 1 unspecified atom stereocenters. The Morgan fingerprint density at radius 2 is 1.73 bits per heavy atom. The monoisotopic (exact) mass is 728 g/mol. The number of aliphatic hydroxyl groups is 4. The minimum Gasteiger partial charge on any atom is -0.455 e. The van der Waals surface area contributed by atoms with Crippen molar-refractivity contribution in [2.24, 2.45) is 0 Å². The van der Waals surface area contributed by atoms with Crippen LogP contribution < -0.4 is 5.56 Å². The van der Waals surface area contributed by atoms with Crippen LogP contribution in [0.2, 0.25) is 0 Å². The lowest BCUT2D eigenvalue weighted by molar-refractivity contribution is -0.314. The van der Waals surface area contributed by atoms with Crippen molar-refractivity contribution in [3.05, 3.63) is 83.8 Å². The lowest BCUT2D eigenvalue weighted by Crippen LogP contribution is -2.59. The molecule has 0 radical (unpaired) electrons. The Balaban J connectivity index is 1.24. The van der Waals surface area contributed by atoms with Crippen LogP contribution in [-0.4, -0.2) is 114 Å². The molecule has 0 aliphatic carbocycles. The fourth-order valence-corrected chi connectivity index (χ4v) is 5.62. The van der Waals surface area contributed by atoms with Gasteiger partial charge >= 0.3 is 11.9 Å². The first-order chi connectivity index (χ1) is 25.0. The standard InChI is InChI=1S/C36H48N4O12/c1-4-5-6-7-8-11-14-17-25(42)48-22(2)16-13-10-9-12-15-18-26(43)51-31-23(3)49-36(30(46)29(31)45)52-32-28(44)24(19-41)50-35(32)40-21-39-27-33(40)37-20-38-34(27)47/h8-9,11-18,20-24,28-32,35-36,41,44-46H,4-7,10,19H2,1-3H3,(H,37,38,47)/b11-8+,12-9+,16-13-,17-14+,18-15+/t22?,23-,24+,28+,29-,30-,31+,32+,35+,36-/m0/s1. The summed E-state index contributed by atoms with van der Waals surface area (Å²) in [6, 6.07) is 0. The van der Waals surface area contributed by atoms with Crippen molar-refractivity contribution in [2.75, 3.05) is 6.61 Å². The highest BCUT2D eigenvalue weighted by Crippen LogP contribution is 2.36. The molecule has 4 heterocycles. The van der Waals surface area contributed by atoms with E-state index in [1.807, 2.05) is 18.2 Å². The van der Waals surface area contributed by atoms with Crippen LogP contribution in [-0.2, 0) is 33.3 Å². The van der Waals surface area contributed by atoms with E-state index < -0.39 is 85.5 Å². The number of rotatable bonds is 17. The van der Waals surface area contributed by atoms with Gasteiger partial charge in [0, 0.05) is 12.2 Å². The Labute approximate surface area is 300 Å². The number of ether oxygens (including phenoxy) is 5. The number of imidazole rings is 1. The summed E-state index contributed by atoms with van der Waals surface area (Å²) in [6.45, 7) is 4.83. The lowest BCUT2D eigenvalue weighted by atomic mass is 9.99. The minimum atomic E-state index is -1.72. The molecule has 0 amide bonds. The highest BCUT2D eigenvalue weighted by Gasteiger charge is 2.51. The maximum Gasteiger partial charge on any atom is 0.331 e. The normalized spacial score (nSPS) is 29.0. The first kappa shape index (κ1) is 40.5. The summed E-state index contributed by atoms with van der Waals surface area (Å²) in [4.78, 5) is 47.2. The molecule has 0 spiro atoms. The molecule has 10 atom stereocenters.